The van der Waals surface area contributed by atoms with Crippen molar-refractivity contribution < 1.29 is 33.4 Å². The largest absolute Gasteiger partial charge is 0.379 e. The van der Waals surface area contributed by atoms with Crippen LogP contribution in [0.3, 0.4) is 0 Å². The number of benzene rings is 1. The molecule has 12 heteroatoms. The lowest BCUT2D eigenvalue weighted by Crippen LogP contribution is -2.59. The summed E-state index contributed by atoms with van der Waals surface area (Å²) >= 11 is 0. The normalized spacial score (nSPS) is 18.9. The molecule has 1 aromatic rings. The second-order valence-electron chi connectivity index (χ2n) is 14.3. The number of nitrogens with zero attached hydrogens (tertiary/aromatic N) is 2. The van der Waals surface area contributed by atoms with Gasteiger partial charge in [0.2, 0.25) is 23.6 Å². The predicted octanol–water partition coefficient (Wildman–Crippen LogP) is 3.29. The Bertz CT molecular complexity index is 1260. The standard InChI is InChI=1S/C38H63N5O7/c1-12-25(6)34(42(9)38(48)33(24(4)5)41-37(47)32(39-8)23(2)3)30(49-10)21-31(45)43-20-16-19-28(43)35(50-11)26(7)36(46)40-22-29(44)27-17-14-13-15-18-27/h13-15,17-18,23-26,28,30,32-35,39H,12,16,19-22H2,1-11H3,(H,40,46)(H,41,47)/t25-,26+,28-,30+,32-,33-,34-,35+/m0/s1. The van der Waals surface area contributed by atoms with Gasteiger partial charge in [0.05, 0.1) is 49.2 Å². The maximum absolute atomic E-state index is 14.1. The number of likely N-dealkylation sites (tertiary alicyclic amines) is 1. The maximum atomic E-state index is 14.1. The lowest BCUT2D eigenvalue weighted by molar-refractivity contribution is -0.147. The number of ketones is 1. The number of amides is 4. The predicted molar refractivity (Wildman–Crippen MR) is 194 cm³/mol. The van der Waals surface area contributed by atoms with Crippen LogP contribution in [0.4, 0.5) is 0 Å². The Labute approximate surface area is 299 Å². The number of hydrogen-bond donors (Lipinski definition) is 3. The molecular formula is C38H63N5O7. The summed E-state index contributed by atoms with van der Waals surface area (Å²) in [6, 6.07) is 6.78. The smallest absolute Gasteiger partial charge is 0.245 e. The van der Waals surface area contributed by atoms with Crippen molar-refractivity contribution in [3.8, 4) is 0 Å². The summed E-state index contributed by atoms with van der Waals surface area (Å²) in [6.07, 6.45) is 0.962. The number of ether oxygens (including phenoxy) is 2. The van der Waals surface area contributed by atoms with Gasteiger partial charge in [0.25, 0.3) is 0 Å². The van der Waals surface area contributed by atoms with E-state index in [1.54, 1.807) is 62.2 Å². The van der Waals surface area contributed by atoms with Gasteiger partial charge in [-0.25, -0.2) is 0 Å². The van der Waals surface area contributed by atoms with Crippen molar-refractivity contribution in [1.82, 2.24) is 25.8 Å². The second-order valence-corrected chi connectivity index (χ2v) is 14.3. The van der Waals surface area contributed by atoms with Gasteiger partial charge in [-0.15, -0.1) is 0 Å². The first kappa shape index (κ1) is 42.8. The summed E-state index contributed by atoms with van der Waals surface area (Å²) in [4.78, 5) is 70.5. The van der Waals surface area contributed by atoms with Crippen molar-refractivity contribution in [1.29, 1.82) is 0 Å². The van der Waals surface area contributed by atoms with E-state index in [0.29, 0.717) is 18.5 Å². The molecule has 8 atom stereocenters. The highest BCUT2D eigenvalue weighted by atomic mass is 16.5. The van der Waals surface area contributed by atoms with Crippen LogP contribution in [0.2, 0.25) is 0 Å². The van der Waals surface area contributed by atoms with Gasteiger partial charge >= 0.3 is 0 Å². The van der Waals surface area contributed by atoms with Gasteiger partial charge in [0.1, 0.15) is 6.04 Å². The fourth-order valence-corrected chi connectivity index (χ4v) is 7.10. The highest BCUT2D eigenvalue weighted by molar-refractivity contribution is 5.99. The Morgan fingerprint density at radius 2 is 1.54 bits per heavy atom. The van der Waals surface area contributed by atoms with Crippen LogP contribution >= 0.6 is 0 Å². The number of methoxy groups -OCH3 is 2. The molecule has 1 saturated heterocycles. The van der Waals surface area contributed by atoms with E-state index in [-0.39, 0.29) is 66.2 Å². The van der Waals surface area contributed by atoms with Gasteiger partial charge in [0, 0.05) is 33.4 Å². The van der Waals surface area contributed by atoms with E-state index in [2.05, 4.69) is 16.0 Å². The van der Waals surface area contributed by atoms with Gasteiger partial charge in [-0.05, 0) is 37.6 Å². The van der Waals surface area contributed by atoms with Crippen molar-refractivity contribution in [2.24, 2.45) is 23.7 Å². The van der Waals surface area contributed by atoms with Crippen molar-refractivity contribution in [3.05, 3.63) is 35.9 Å². The molecule has 282 valence electrons. The van der Waals surface area contributed by atoms with Crippen LogP contribution in [-0.2, 0) is 28.7 Å². The van der Waals surface area contributed by atoms with Crippen LogP contribution in [0.5, 0.6) is 0 Å². The summed E-state index contributed by atoms with van der Waals surface area (Å²) in [5.74, 6) is -1.93. The number of carbonyl (C=O) groups is 5. The second kappa shape index (κ2) is 20.5. The number of nitrogens with one attached hydrogen (secondary N) is 3. The monoisotopic (exact) mass is 701 g/mol. The minimum absolute atomic E-state index is 0.0191. The summed E-state index contributed by atoms with van der Waals surface area (Å²) in [6.45, 7) is 13.9. The molecule has 0 radical (unpaired) electrons. The van der Waals surface area contributed by atoms with Crippen LogP contribution in [-0.4, -0.2) is 117 Å². The van der Waals surface area contributed by atoms with E-state index in [4.69, 9.17) is 9.47 Å². The first-order chi connectivity index (χ1) is 23.6. The average molecular weight is 702 g/mol. The SMILES string of the molecule is CC[C@H](C)[C@@H]([C@@H](CC(=O)N1CCC[C@H]1[C@H](OC)[C@@H](C)C(=O)NCC(=O)c1ccccc1)OC)N(C)C(=O)[C@@H](NC(=O)[C@@H](NC)C(C)C)C(C)C. The zero-order valence-corrected chi connectivity index (χ0v) is 32.2. The van der Waals surface area contributed by atoms with Crippen molar-refractivity contribution in [2.45, 2.75) is 111 Å². The Balaban J connectivity index is 2.22. The van der Waals surface area contributed by atoms with Gasteiger partial charge < -0.3 is 35.2 Å². The Hall–Kier alpha value is -3.35. The Morgan fingerprint density at radius 3 is 2.06 bits per heavy atom. The van der Waals surface area contributed by atoms with Gasteiger partial charge in [0.15, 0.2) is 5.78 Å². The summed E-state index contributed by atoms with van der Waals surface area (Å²) in [5.41, 5.74) is 0.519. The van der Waals surface area contributed by atoms with E-state index >= 15 is 0 Å². The molecule has 3 N–H and O–H groups in total. The molecule has 1 aliphatic rings. The maximum Gasteiger partial charge on any atom is 0.245 e. The molecule has 0 saturated carbocycles. The first-order valence-corrected chi connectivity index (χ1v) is 18.1. The summed E-state index contributed by atoms with van der Waals surface area (Å²) in [7, 11) is 6.53. The minimum atomic E-state index is -0.761. The van der Waals surface area contributed by atoms with Gasteiger partial charge in [-0.3, -0.25) is 24.0 Å². The minimum Gasteiger partial charge on any atom is -0.379 e. The molecule has 2 rings (SSSR count). The fraction of sp³-hybridized carbons (Fsp3) is 0.711. The van der Waals surface area contributed by atoms with Crippen LogP contribution < -0.4 is 16.0 Å². The van der Waals surface area contributed by atoms with E-state index in [9.17, 15) is 24.0 Å². The third-order valence-corrected chi connectivity index (χ3v) is 10.3. The molecule has 4 amide bonds. The molecular weight excluding hydrogens is 638 g/mol. The lowest BCUT2D eigenvalue weighted by atomic mass is 9.89. The fourth-order valence-electron chi connectivity index (χ4n) is 7.10. The number of Topliss-reactive ketones (excluding diaryl/α,β-unsaturated/α-hetero) is 1. The first-order valence-electron chi connectivity index (χ1n) is 18.1. The quantitative estimate of drug-likeness (QED) is 0.176. The van der Waals surface area contributed by atoms with E-state index in [1.807, 2.05) is 47.6 Å². The highest BCUT2D eigenvalue weighted by Gasteiger charge is 2.43. The van der Waals surface area contributed by atoms with E-state index in [1.165, 1.54) is 7.11 Å². The van der Waals surface area contributed by atoms with Gasteiger partial charge in [-0.2, -0.15) is 0 Å². The number of rotatable bonds is 20. The van der Waals surface area contributed by atoms with E-state index < -0.39 is 36.3 Å². The van der Waals surface area contributed by atoms with Crippen LogP contribution in [0.1, 0.15) is 84.5 Å². The molecule has 0 bridgehead atoms. The molecule has 12 nitrogen and oxygen atoms in total. The molecule has 1 aliphatic heterocycles. The van der Waals surface area contributed by atoms with Crippen LogP contribution in [0, 0.1) is 23.7 Å². The highest BCUT2D eigenvalue weighted by Crippen LogP contribution is 2.29. The Kier molecular flexibility index (Phi) is 17.5. The van der Waals surface area contributed by atoms with Crippen LogP contribution in [0.25, 0.3) is 0 Å². The zero-order valence-electron chi connectivity index (χ0n) is 32.2. The van der Waals surface area contributed by atoms with Crippen molar-refractivity contribution >= 4 is 29.4 Å². The summed E-state index contributed by atoms with van der Waals surface area (Å²) in [5, 5.41) is 8.76. The number of hydrogen-bond acceptors (Lipinski definition) is 8. The Morgan fingerprint density at radius 1 is 0.920 bits per heavy atom. The molecule has 0 spiro atoms. The molecule has 0 unspecified atom stereocenters. The molecule has 1 aromatic carbocycles. The number of carbonyl (C=O) groups excluding carboxylic acids is 5. The topological polar surface area (TPSA) is 146 Å². The molecule has 0 aromatic heterocycles. The van der Waals surface area contributed by atoms with Crippen molar-refractivity contribution in [2.75, 3.05) is 41.4 Å². The van der Waals surface area contributed by atoms with E-state index in [0.717, 1.165) is 12.8 Å². The van der Waals surface area contributed by atoms with Crippen LogP contribution in [0.15, 0.2) is 30.3 Å². The number of likely N-dealkylation sites (N-methyl/N-ethyl adjacent to an activating group) is 2. The summed E-state index contributed by atoms with van der Waals surface area (Å²) < 4.78 is 11.8. The average Bonchev–Trinajstić information content (AvgIpc) is 3.58. The lowest BCUT2D eigenvalue weighted by Gasteiger charge is -2.41. The third kappa shape index (κ3) is 11.1. The molecule has 50 heavy (non-hydrogen) atoms. The molecule has 0 aliphatic carbocycles. The van der Waals surface area contributed by atoms with Crippen molar-refractivity contribution in [3.63, 3.8) is 0 Å². The third-order valence-electron chi connectivity index (χ3n) is 10.3. The zero-order chi connectivity index (χ0) is 37.7. The molecule has 1 heterocycles. The van der Waals surface area contributed by atoms with Gasteiger partial charge in [-0.1, -0.05) is 85.2 Å². The molecule has 1 fully saturated rings.